The molecule has 0 aliphatic heterocycles. The molecule has 0 fully saturated rings. The Morgan fingerprint density at radius 2 is 1.85 bits per heavy atom. The van der Waals surface area contributed by atoms with Gasteiger partial charge in [-0.05, 0) is 31.2 Å². The molecule has 2 aromatic carbocycles. The Hall–Kier alpha value is -2.49. The first-order valence-electron chi connectivity index (χ1n) is 6.31. The Morgan fingerprint density at radius 1 is 1.10 bits per heavy atom. The lowest BCUT2D eigenvalue weighted by Gasteiger charge is -2.13. The SMILES string of the molecule is CCOc1ccccc1-c1cc(C(=O)O)ccc1OC. The van der Waals surface area contributed by atoms with E-state index in [9.17, 15) is 4.79 Å². The van der Waals surface area contributed by atoms with Crippen molar-refractivity contribution in [2.75, 3.05) is 13.7 Å². The van der Waals surface area contributed by atoms with Crippen molar-refractivity contribution < 1.29 is 19.4 Å². The van der Waals surface area contributed by atoms with E-state index in [1.807, 2.05) is 31.2 Å². The summed E-state index contributed by atoms with van der Waals surface area (Å²) in [5.41, 5.74) is 1.73. The van der Waals surface area contributed by atoms with Crippen molar-refractivity contribution in [3.63, 3.8) is 0 Å². The number of hydrogen-bond donors (Lipinski definition) is 1. The van der Waals surface area contributed by atoms with Gasteiger partial charge in [0.05, 0.1) is 19.3 Å². The second-order valence-corrected chi connectivity index (χ2v) is 4.15. The summed E-state index contributed by atoms with van der Waals surface area (Å²) < 4.78 is 10.9. The van der Waals surface area contributed by atoms with Gasteiger partial charge in [0.2, 0.25) is 0 Å². The predicted octanol–water partition coefficient (Wildman–Crippen LogP) is 3.46. The molecule has 0 bridgehead atoms. The highest BCUT2D eigenvalue weighted by atomic mass is 16.5. The van der Waals surface area contributed by atoms with Crippen LogP contribution < -0.4 is 9.47 Å². The Morgan fingerprint density at radius 3 is 2.50 bits per heavy atom. The van der Waals surface area contributed by atoms with Crippen LogP contribution in [-0.2, 0) is 0 Å². The Bertz CT molecular complexity index is 620. The van der Waals surface area contributed by atoms with Crippen LogP contribution in [0.2, 0.25) is 0 Å². The summed E-state index contributed by atoms with van der Waals surface area (Å²) in [5, 5.41) is 9.12. The molecule has 2 aromatic rings. The number of carbonyl (C=O) groups is 1. The first kappa shape index (κ1) is 13.9. The third-order valence-electron chi connectivity index (χ3n) is 2.92. The summed E-state index contributed by atoms with van der Waals surface area (Å²) >= 11 is 0. The van der Waals surface area contributed by atoms with Crippen molar-refractivity contribution in [3.8, 4) is 22.6 Å². The minimum absolute atomic E-state index is 0.215. The zero-order valence-corrected chi connectivity index (χ0v) is 11.4. The molecule has 4 nitrogen and oxygen atoms in total. The van der Waals surface area contributed by atoms with Crippen LogP contribution in [0.15, 0.2) is 42.5 Å². The maximum atomic E-state index is 11.1. The van der Waals surface area contributed by atoms with E-state index >= 15 is 0 Å². The highest BCUT2D eigenvalue weighted by Gasteiger charge is 2.14. The van der Waals surface area contributed by atoms with Gasteiger partial charge >= 0.3 is 5.97 Å². The molecule has 0 aromatic heterocycles. The van der Waals surface area contributed by atoms with E-state index in [1.54, 1.807) is 19.2 Å². The summed E-state index contributed by atoms with van der Waals surface area (Å²) in [4.78, 5) is 11.1. The second kappa shape index (κ2) is 6.10. The molecule has 0 amide bonds. The number of carboxylic acids is 1. The van der Waals surface area contributed by atoms with Gasteiger partial charge in [0.1, 0.15) is 11.5 Å². The maximum Gasteiger partial charge on any atom is 0.335 e. The summed E-state index contributed by atoms with van der Waals surface area (Å²) in [6, 6.07) is 12.3. The quantitative estimate of drug-likeness (QED) is 0.905. The van der Waals surface area contributed by atoms with Gasteiger partial charge in [0.25, 0.3) is 0 Å². The minimum atomic E-state index is -0.970. The van der Waals surface area contributed by atoms with Crippen LogP contribution in [-0.4, -0.2) is 24.8 Å². The molecule has 0 saturated carbocycles. The van der Waals surface area contributed by atoms with E-state index in [0.717, 1.165) is 5.56 Å². The van der Waals surface area contributed by atoms with Crippen molar-refractivity contribution in [3.05, 3.63) is 48.0 Å². The molecular weight excluding hydrogens is 256 g/mol. The van der Waals surface area contributed by atoms with Gasteiger partial charge in [-0.2, -0.15) is 0 Å². The molecular formula is C16H16O4. The van der Waals surface area contributed by atoms with Crippen LogP contribution in [0.25, 0.3) is 11.1 Å². The molecule has 0 unspecified atom stereocenters. The van der Waals surface area contributed by atoms with Gasteiger partial charge < -0.3 is 14.6 Å². The number of methoxy groups -OCH3 is 1. The van der Waals surface area contributed by atoms with Gasteiger partial charge in [-0.3, -0.25) is 0 Å². The first-order valence-corrected chi connectivity index (χ1v) is 6.31. The monoisotopic (exact) mass is 272 g/mol. The summed E-state index contributed by atoms with van der Waals surface area (Å²) in [7, 11) is 1.56. The number of para-hydroxylation sites is 1. The molecule has 0 spiro atoms. The van der Waals surface area contributed by atoms with Crippen LogP contribution in [0.1, 0.15) is 17.3 Å². The van der Waals surface area contributed by atoms with E-state index in [-0.39, 0.29) is 5.56 Å². The third-order valence-corrected chi connectivity index (χ3v) is 2.92. The number of carboxylic acid groups (broad SMARTS) is 1. The van der Waals surface area contributed by atoms with Crippen molar-refractivity contribution >= 4 is 5.97 Å². The fraction of sp³-hybridized carbons (Fsp3) is 0.188. The van der Waals surface area contributed by atoms with Crippen molar-refractivity contribution in [1.82, 2.24) is 0 Å². The normalized spacial score (nSPS) is 10.1. The van der Waals surface area contributed by atoms with Gasteiger partial charge in [0.15, 0.2) is 0 Å². The first-order chi connectivity index (χ1) is 9.67. The van der Waals surface area contributed by atoms with Crippen LogP contribution in [0.3, 0.4) is 0 Å². The molecule has 20 heavy (non-hydrogen) atoms. The van der Waals surface area contributed by atoms with Crippen molar-refractivity contribution in [2.45, 2.75) is 6.92 Å². The van der Waals surface area contributed by atoms with E-state index in [0.29, 0.717) is 23.7 Å². The Kier molecular flexibility index (Phi) is 4.25. The largest absolute Gasteiger partial charge is 0.496 e. The number of rotatable bonds is 5. The van der Waals surface area contributed by atoms with Crippen LogP contribution in [0, 0.1) is 0 Å². The van der Waals surface area contributed by atoms with Gasteiger partial charge in [-0.25, -0.2) is 4.79 Å². The lowest BCUT2D eigenvalue weighted by atomic mass is 10.0. The van der Waals surface area contributed by atoms with Crippen molar-refractivity contribution in [2.24, 2.45) is 0 Å². The maximum absolute atomic E-state index is 11.1. The molecule has 1 N–H and O–H groups in total. The molecule has 4 heteroatoms. The van der Waals surface area contributed by atoms with E-state index in [1.165, 1.54) is 6.07 Å². The summed E-state index contributed by atoms with van der Waals surface area (Å²) in [6.07, 6.45) is 0. The van der Waals surface area contributed by atoms with Gasteiger partial charge in [-0.1, -0.05) is 18.2 Å². The summed E-state index contributed by atoms with van der Waals surface area (Å²) in [5.74, 6) is 0.348. The lowest BCUT2D eigenvalue weighted by Crippen LogP contribution is -1.99. The standard InChI is InChI=1S/C16H16O4/c1-3-20-15-7-5-4-6-12(15)13-10-11(16(17)18)8-9-14(13)19-2/h4-10H,3H2,1-2H3,(H,17,18). The van der Waals surface area contributed by atoms with Gasteiger partial charge in [-0.15, -0.1) is 0 Å². The third kappa shape index (κ3) is 2.74. The molecule has 0 aliphatic carbocycles. The highest BCUT2D eigenvalue weighted by molar-refractivity contribution is 5.91. The predicted molar refractivity (Wildman–Crippen MR) is 76.6 cm³/mol. The van der Waals surface area contributed by atoms with E-state index < -0.39 is 5.97 Å². The zero-order chi connectivity index (χ0) is 14.5. The second-order valence-electron chi connectivity index (χ2n) is 4.15. The lowest BCUT2D eigenvalue weighted by molar-refractivity contribution is 0.0697. The Labute approximate surface area is 117 Å². The number of aromatic carboxylic acids is 1. The molecule has 0 atom stereocenters. The topological polar surface area (TPSA) is 55.8 Å². The smallest absolute Gasteiger partial charge is 0.335 e. The zero-order valence-electron chi connectivity index (χ0n) is 11.4. The highest BCUT2D eigenvalue weighted by Crippen LogP contribution is 2.36. The molecule has 0 saturated heterocycles. The molecule has 2 rings (SSSR count). The van der Waals surface area contributed by atoms with E-state index in [4.69, 9.17) is 14.6 Å². The number of hydrogen-bond acceptors (Lipinski definition) is 3. The average Bonchev–Trinajstić information content (AvgIpc) is 2.47. The minimum Gasteiger partial charge on any atom is -0.496 e. The number of ether oxygens (including phenoxy) is 2. The molecule has 0 heterocycles. The van der Waals surface area contributed by atoms with Crippen LogP contribution in [0.5, 0.6) is 11.5 Å². The van der Waals surface area contributed by atoms with Gasteiger partial charge in [0, 0.05) is 11.1 Å². The molecule has 0 radical (unpaired) electrons. The van der Waals surface area contributed by atoms with E-state index in [2.05, 4.69) is 0 Å². The van der Waals surface area contributed by atoms with Crippen LogP contribution in [0.4, 0.5) is 0 Å². The fourth-order valence-electron chi connectivity index (χ4n) is 2.02. The fourth-order valence-corrected chi connectivity index (χ4v) is 2.02. The summed E-state index contributed by atoms with van der Waals surface area (Å²) in [6.45, 7) is 2.44. The van der Waals surface area contributed by atoms with Crippen LogP contribution >= 0.6 is 0 Å². The molecule has 104 valence electrons. The Balaban J connectivity index is 2.61. The van der Waals surface area contributed by atoms with Crippen molar-refractivity contribution in [1.29, 1.82) is 0 Å². The number of benzene rings is 2. The average molecular weight is 272 g/mol. The molecule has 0 aliphatic rings.